The molecule has 2 N–H and O–H groups in total. The van der Waals surface area contributed by atoms with E-state index in [4.69, 9.17) is 0 Å². The highest BCUT2D eigenvalue weighted by molar-refractivity contribution is 6.30. The molecule has 4 rings (SSSR count). The summed E-state index contributed by atoms with van der Waals surface area (Å²) in [7, 11) is 0. The van der Waals surface area contributed by atoms with E-state index in [0.717, 1.165) is 27.7 Å². The van der Waals surface area contributed by atoms with Gasteiger partial charge in [-0.3, -0.25) is 4.79 Å². The largest absolute Gasteiger partial charge is 0.508 e. The number of carbonyl (C=O) groups excluding carboxylic acids is 1. The van der Waals surface area contributed by atoms with E-state index in [1.54, 1.807) is 24.3 Å². The van der Waals surface area contributed by atoms with Crippen LogP contribution >= 0.6 is 0 Å². The quantitative estimate of drug-likeness (QED) is 0.667. The third kappa shape index (κ3) is 1.86. The Hall–Kier alpha value is -2.81. The van der Waals surface area contributed by atoms with Crippen LogP contribution in [0.5, 0.6) is 5.75 Å². The van der Waals surface area contributed by atoms with E-state index in [0.29, 0.717) is 12.0 Å². The van der Waals surface area contributed by atoms with Crippen molar-refractivity contribution < 1.29 is 9.90 Å². The number of aromatic nitrogens is 1. The molecule has 0 fully saturated rings. The van der Waals surface area contributed by atoms with Crippen molar-refractivity contribution in [1.29, 1.82) is 0 Å². The summed E-state index contributed by atoms with van der Waals surface area (Å²) >= 11 is 0. The molecule has 1 aliphatic rings. The summed E-state index contributed by atoms with van der Waals surface area (Å²) in [5.74, 6) is 0.358. The van der Waals surface area contributed by atoms with Crippen LogP contribution in [0, 0.1) is 0 Å². The summed E-state index contributed by atoms with van der Waals surface area (Å²) in [6, 6.07) is 14.9. The highest BCUT2D eigenvalue weighted by Gasteiger charge is 2.28. The van der Waals surface area contributed by atoms with E-state index in [2.05, 4.69) is 4.98 Å². The lowest BCUT2D eigenvalue weighted by Gasteiger charge is -1.99. The molecule has 0 saturated carbocycles. The zero-order chi connectivity index (χ0) is 14.4. The molecule has 2 aromatic carbocycles. The average Bonchev–Trinajstić information content (AvgIpc) is 2.98. The Bertz CT molecular complexity index is 885. The van der Waals surface area contributed by atoms with Crippen LogP contribution in [0.25, 0.3) is 22.6 Å². The minimum atomic E-state index is 0.134. The van der Waals surface area contributed by atoms with Gasteiger partial charge < -0.3 is 10.1 Å². The fraction of sp³-hybridized carbons (Fsp3) is 0.0556. The maximum Gasteiger partial charge on any atom is 0.169 e. The number of hydrogen-bond acceptors (Lipinski definition) is 2. The van der Waals surface area contributed by atoms with Crippen molar-refractivity contribution in [3.05, 3.63) is 65.4 Å². The molecule has 0 bridgehead atoms. The molecule has 0 saturated heterocycles. The number of allylic oxidation sites excluding steroid dienone is 1. The molecule has 0 aliphatic heterocycles. The number of fused-ring (bicyclic) bond motifs is 3. The van der Waals surface area contributed by atoms with Crippen LogP contribution in [-0.4, -0.2) is 15.9 Å². The molecule has 1 heterocycles. The van der Waals surface area contributed by atoms with Crippen LogP contribution in [0.4, 0.5) is 0 Å². The number of carbonyl (C=O) groups is 1. The van der Waals surface area contributed by atoms with Gasteiger partial charge in [-0.25, -0.2) is 0 Å². The minimum absolute atomic E-state index is 0.134. The molecule has 0 atom stereocenters. The molecule has 3 heteroatoms. The molecule has 0 radical (unpaired) electrons. The van der Waals surface area contributed by atoms with Gasteiger partial charge in [0.05, 0.1) is 5.69 Å². The Morgan fingerprint density at radius 2 is 1.81 bits per heavy atom. The third-order valence-corrected chi connectivity index (χ3v) is 3.92. The zero-order valence-electron chi connectivity index (χ0n) is 11.3. The van der Waals surface area contributed by atoms with E-state index in [1.165, 1.54) is 0 Å². The molecule has 1 aliphatic carbocycles. The summed E-state index contributed by atoms with van der Waals surface area (Å²) in [5.41, 5.74) is 4.69. The number of aromatic hydroxyl groups is 1. The van der Waals surface area contributed by atoms with Gasteiger partial charge in [-0.1, -0.05) is 30.3 Å². The Morgan fingerprint density at radius 3 is 2.62 bits per heavy atom. The van der Waals surface area contributed by atoms with Gasteiger partial charge in [-0.15, -0.1) is 0 Å². The molecule has 1 aromatic heterocycles. The van der Waals surface area contributed by atoms with Gasteiger partial charge in [0.15, 0.2) is 5.78 Å². The predicted molar refractivity (Wildman–Crippen MR) is 83.0 cm³/mol. The Labute approximate surface area is 121 Å². The number of phenols is 1. The van der Waals surface area contributed by atoms with Gasteiger partial charge in [-0.2, -0.15) is 0 Å². The van der Waals surface area contributed by atoms with Gasteiger partial charge in [0.1, 0.15) is 5.75 Å². The highest BCUT2D eigenvalue weighted by Crippen LogP contribution is 2.35. The lowest BCUT2D eigenvalue weighted by molar-refractivity contribution is -0.112. The maximum absolute atomic E-state index is 12.3. The first-order chi connectivity index (χ1) is 10.2. The molecule has 3 nitrogen and oxygen atoms in total. The van der Waals surface area contributed by atoms with E-state index in [9.17, 15) is 9.90 Å². The van der Waals surface area contributed by atoms with Gasteiger partial charge in [0, 0.05) is 22.9 Å². The van der Waals surface area contributed by atoms with Crippen LogP contribution in [0.15, 0.2) is 48.5 Å². The summed E-state index contributed by atoms with van der Waals surface area (Å²) < 4.78 is 0. The van der Waals surface area contributed by atoms with Crippen LogP contribution in [0.1, 0.15) is 16.8 Å². The number of benzene rings is 2. The monoisotopic (exact) mass is 275 g/mol. The Morgan fingerprint density at radius 1 is 1.05 bits per heavy atom. The lowest BCUT2D eigenvalue weighted by atomic mass is 10.1. The number of para-hydroxylation sites is 1. The first-order valence-electron chi connectivity index (χ1n) is 6.86. The smallest absolute Gasteiger partial charge is 0.169 e. The minimum Gasteiger partial charge on any atom is -0.508 e. The van der Waals surface area contributed by atoms with Crippen molar-refractivity contribution in [2.45, 2.75) is 6.42 Å². The van der Waals surface area contributed by atoms with Crippen LogP contribution < -0.4 is 0 Å². The number of rotatable bonds is 1. The van der Waals surface area contributed by atoms with Crippen molar-refractivity contribution in [2.75, 3.05) is 0 Å². The number of ketones is 1. The van der Waals surface area contributed by atoms with E-state index in [-0.39, 0.29) is 11.5 Å². The van der Waals surface area contributed by atoms with Crippen LogP contribution in [0.2, 0.25) is 0 Å². The van der Waals surface area contributed by atoms with Crippen molar-refractivity contribution in [1.82, 2.24) is 4.98 Å². The molecule has 0 spiro atoms. The highest BCUT2D eigenvalue weighted by atomic mass is 16.3. The Kier molecular flexibility index (Phi) is 2.48. The van der Waals surface area contributed by atoms with Crippen LogP contribution in [0.3, 0.4) is 0 Å². The van der Waals surface area contributed by atoms with E-state index >= 15 is 0 Å². The van der Waals surface area contributed by atoms with E-state index in [1.807, 2.05) is 30.3 Å². The molecule has 0 unspecified atom stereocenters. The van der Waals surface area contributed by atoms with Crippen molar-refractivity contribution >= 4 is 28.3 Å². The maximum atomic E-state index is 12.3. The van der Waals surface area contributed by atoms with Gasteiger partial charge in [0.25, 0.3) is 0 Å². The van der Waals surface area contributed by atoms with Crippen molar-refractivity contribution in [3.63, 3.8) is 0 Å². The average molecular weight is 275 g/mol. The molecule has 102 valence electrons. The molecule has 0 amide bonds. The molecule has 21 heavy (non-hydrogen) atoms. The normalized spacial score (nSPS) is 15.8. The predicted octanol–water partition coefficient (Wildman–Crippen LogP) is 3.54. The fourth-order valence-electron chi connectivity index (χ4n) is 2.90. The second-order valence-corrected chi connectivity index (χ2v) is 5.27. The number of hydrogen-bond donors (Lipinski definition) is 2. The SMILES string of the molecule is O=C1Cc2c([nH]c3ccccc23)/C1=C/c1ccc(O)cc1. The van der Waals surface area contributed by atoms with E-state index < -0.39 is 0 Å². The Balaban J connectivity index is 1.88. The van der Waals surface area contributed by atoms with Gasteiger partial charge >= 0.3 is 0 Å². The van der Waals surface area contributed by atoms with Crippen molar-refractivity contribution in [2.24, 2.45) is 0 Å². The third-order valence-electron chi connectivity index (χ3n) is 3.92. The first kappa shape index (κ1) is 12.0. The first-order valence-corrected chi connectivity index (χ1v) is 6.86. The molecular formula is C18H13NO2. The fourth-order valence-corrected chi connectivity index (χ4v) is 2.90. The number of H-pyrrole nitrogens is 1. The van der Waals surface area contributed by atoms with Crippen LogP contribution in [-0.2, 0) is 11.2 Å². The second kappa shape index (κ2) is 4.35. The number of phenolic OH excluding ortho intramolecular Hbond substituents is 1. The zero-order valence-corrected chi connectivity index (χ0v) is 11.3. The molecular weight excluding hydrogens is 262 g/mol. The topological polar surface area (TPSA) is 53.1 Å². The summed E-state index contributed by atoms with van der Waals surface area (Å²) in [5, 5.41) is 10.4. The van der Waals surface area contributed by atoms with Gasteiger partial charge in [-0.05, 0) is 35.4 Å². The standard InChI is InChI=1S/C18H13NO2/c20-12-7-5-11(6-8-12)9-15-17(21)10-14-13-3-1-2-4-16(13)19-18(14)15/h1-9,19-20H,10H2/b15-9+. The number of nitrogens with one attached hydrogen (secondary N) is 1. The lowest BCUT2D eigenvalue weighted by Crippen LogP contribution is -1.95. The number of aromatic amines is 1. The van der Waals surface area contributed by atoms with Gasteiger partial charge in [0.2, 0.25) is 0 Å². The summed E-state index contributed by atoms with van der Waals surface area (Å²) in [6.45, 7) is 0. The van der Waals surface area contributed by atoms with Crippen molar-refractivity contribution in [3.8, 4) is 5.75 Å². The second-order valence-electron chi connectivity index (χ2n) is 5.27. The summed E-state index contributed by atoms with van der Waals surface area (Å²) in [6.07, 6.45) is 2.33. The molecule has 3 aromatic rings. The number of Topliss-reactive ketones (excluding diaryl/α,β-unsaturated/α-hetero) is 1. The summed E-state index contributed by atoms with van der Waals surface area (Å²) in [4.78, 5) is 15.6.